The van der Waals surface area contributed by atoms with E-state index < -0.39 is 6.17 Å². The van der Waals surface area contributed by atoms with Gasteiger partial charge < -0.3 is 25.4 Å². The van der Waals surface area contributed by atoms with Gasteiger partial charge in [0.25, 0.3) is 5.91 Å². The topological polar surface area (TPSA) is 124 Å². The third kappa shape index (κ3) is 4.51. The average molecular weight is 491 g/mol. The number of aliphatic imine (C=N–C) groups is 1. The highest BCUT2D eigenvalue weighted by atomic mass is 16.6. The van der Waals surface area contributed by atoms with Crippen LogP contribution in [-0.4, -0.2) is 65.2 Å². The van der Waals surface area contributed by atoms with Crippen LogP contribution in [0.25, 0.3) is 11.6 Å². The van der Waals surface area contributed by atoms with Crippen molar-refractivity contribution in [1.29, 1.82) is 0 Å². The lowest BCUT2D eigenvalue weighted by molar-refractivity contribution is -0.127. The first-order chi connectivity index (χ1) is 17.5. The van der Waals surface area contributed by atoms with Crippen molar-refractivity contribution in [3.8, 4) is 11.5 Å². The summed E-state index contributed by atoms with van der Waals surface area (Å²) in [7, 11) is 0. The fourth-order valence-corrected chi connectivity index (χ4v) is 4.86. The minimum atomic E-state index is -0.600. The quantitative estimate of drug-likeness (QED) is 0.602. The Morgan fingerprint density at radius 2 is 2.08 bits per heavy atom. The van der Waals surface area contributed by atoms with Gasteiger partial charge in [0.05, 0.1) is 11.4 Å². The minimum Gasteiger partial charge on any atom is -0.486 e. The highest BCUT2D eigenvalue weighted by Crippen LogP contribution is 2.32. The first kappa shape index (κ1) is 23.8. The summed E-state index contributed by atoms with van der Waals surface area (Å²) < 4.78 is 13.1. The number of nitrogens with one attached hydrogen (secondary N) is 1. The molecule has 4 heterocycles. The summed E-state index contributed by atoms with van der Waals surface area (Å²) in [6, 6.07) is 5.19. The van der Waals surface area contributed by atoms with Crippen LogP contribution in [0.2, 0.25) is 0 Å². The molecule has 36 heavy (non-hydrogen) atoms. The van der Waals surface area contributed by atoms with E-state index >= 15 is 0 Å². The number of amides is 2. The van der Waals surface area contributed by atoms with Crippen LogP contribution in [0.15, 0.2) is 35.8 Å². The molecule has 2 amide bonds. The zero-order valence-corrected chi connectivity index (χ0v) is 20.3. The van der Waals surface area contributed by atoms with Crippen molar-refractivity contribution in [1.82, 2.24) is 14.7 Å². The monoisotopic (exact) mass is 490 g/mol. The predicted octanol–water partition coefficient (Wildman–Crippen LogP) is 0.967. The van der Waals surface area contributed by atoms with Crippen molar-refractivity contribution >= 4 is 35.4 Å². The van der Waals surface area contributed by atoms with E-state index in [4.69, 9.17) is 20.3 Å². The first-order valence-corrected chi connectivity index (χ1v) is 12.2. The number of fused-ring (bicyclic) bond motifs is 2. The largest absolute Gasteiger partial charge is 0.486 e. The summed E-state index contributed by atoms with van der Waals surface area (Å²) in [5, 5.41) is 9.22. The number of hydrogen-bond acceptors (Lipinski definition) is 7. The molecule has 1 aromatic carbocycles. The number of nitrogens with two attached hydrogens (primary N) is 1. The second-order valence-electron chi connectivity index (χ2n) is 8.97. The summed E-state index contributed by atoms with van der Waals surface area (Å²) >= 11 is 0. The number of piperidine rings is 1. The number of ether oxygens (including phenoxy) is 2. The zero-order valence-electron chi connectivity index (χ0n) is 20.3. The van der Waals surface area contributed by atoms with Crippen molar-refractivity contribution in [2.75, 3.05) is 31.6 Å². The molecule has 0 aliphatic carbocycles. The van der Waals surface area contributed by atoms with Crippen LogP contribution in [0.4, 0.5) is 5.69 Å². The maximum absolute atomic E-state index is 13.5. The van der Waals surface area contributed by atoms with E-state index in [2.05, 4.69) is 16.9 Å². The van der Waals surface area contributed by atoms with Gasteiger partial charge in [-0.15, -0.1) is 0 Å². The van der Waals surface area contributed by atoms with Gasteiger partial charge in [-0.1, -0.05) is 13.5 Å². The summed E-state index contributed by atoms with van der Waals surface area (Å²) in [5.74, 6) is 0.759. The number of aromatic nitrogens is 2. The summed E-state index contributed by atoms with van der Waals surface area (Å²) in [4.78, 5) is 32.0. The maximum atomic E-state index is 13.5. The first-order valence-electron chi connectivity index (χ1n) is 12.2. The number of rotatable bonds is 5. The normalized spacial score (nSPS) is 20.7. The molecule has 1 saturated heterocycles. The number of carbonyl (C=O) groups is 2. The molecule has 10 heteroatoms. The molecule has 0 bridgehead atoms. The molecule has 3 aliphatic heterocycles. The van der Waals surface area contributed by atoms with Gasteiger partial charge in [-0.05, 0) is 49.1 Å². The van der Waals surface area contributed by atoms with Gasteiger partial charge in [0, 0.05) is 36.3 Å². The van der Waals surface area contributed by atoms with Crippen LogP contribution >= 0.6 is 0 Å². The molecule has 10 nitrogen and oxygen atoms in total. The van der Waals surface area contributed by atoms with E-state index in [0.717, 1.165) is 23.8 Å². The number of carbonyl (C=O) groups excluding carboxylic acids is 2. The maximum Gasteiger partial charge on any atom is 0.276 e. The van der Waals surface area contributed by atoms with Gasteiger partial charge in [0.15, 0.2) is 17.2 Å². The standard InChI is InChI=1S/C26H30N6O4/c1-3-16-14-28-22(27)13-19-24(26(34)29-17-7-8-20-21(12-17)36-11-10-35-20)30-32(25(16)19)18-6-5-9-31(15-18)23(33)4-2/h4,7-8,12-14,18,22H,2-3,5-6,9-11,15,27H2,1H3,(H,29,34)/t18-,22?/m1/s1. The third-order valence-corrected chi connectivity index (χ3v) is 6.62. The number of hydrogen-bond donors (Lipinski definition) is 2. The number of likely N-dealkylation sites (tertiary alicyclic amines) is 1. The smallest absolute Gasteiger partial charge is 0.276 e. The van der Waals surface area contributed by atoms with Gasteiger partial charge in [0.1, 0.15) is 19.4 Å². The molecule has 1 unspecified atom stereocenters. The van der Waals surface area contributed by atoms with Crippen molar-refractivity contribution < 1.29 is 19.1 Å². The van der Waals surface area contributed by atoms with Crippen molar-refractivity contribution in [3.05, 3.63) is 47.1 Å². The van der Waals surface area contributed by atoms with Gasteiger partial charge >= 0.3 is 0 Å². The van der Waals surface area contributed by atoms with Gasteiger partial charge in [-0.25, -0.2) is 0 Å². The average Bonchev–Trinajstić information content (AvgIpc) is 3.18. The van der Waals surface area contributed by atoms with E-state index in [-0.39, 0.29) is 23.6 Å². The fourth-order valence-electron chi connectivity index (χ4n) is 4.86. The van der Waals surface area contributed by atoms with Crippen LogP contribution in [0, 0.1) is 0 Å². The Morgan fingerprint density at radius 3 is 2.86 bits per heavy atom. The van der Waals surface area contributed by atoms with E-state index in [0.29, 0.717) is 55.1 Å². The molecule has 188 valence electrons. The Morgan fingerprint density at radius 1 is 1.28 bits per heavy atom. The fraction of sp³-hybridized carbons (Fsp3) is 0.385. The van der Waals surface area contributed by atoms with Crippen molar-refractivity contribution in [2.24, 2.45) is 10.7 Å². The van der Waals surface area contributed by atoms with Crippen LogP contribution in [0.5, 0.6) is 11.5 Å². The lowest BCUT2D eigenvalue weighted by atomic mass is 10.1. The predicted molar refractivity (Wildman–Crippen MR) is 137 cm³/mol. The lowest BCUT2D eigenvalue weighted by Gasteiger charge is -2.32. The minimum absolute atomic E-state index is 0.0927. The summed E-state index contributed by atoms with van der Waals surface area (Å²) in [5.41, 5.74) is 7.97. The summed E-state index contributed by atoms with van der Waals surface area (Å²) in [6.45, 7) is 7.76. The highest BCUT2D eigenvalue weighted by Gasteiger charge is 2.28. The second-order valence-corrected chi connectivity index (χ2v) is 8.97. The van der Waals surface area contributed by atoms with Gasteiger partial charge in [-0.2, -0.15) is 5.10 Å². The Balaban J connectivity index is 1.56. The molecule has 1 aromatic heterocycles. The van der Waals surface area contributed by atoms with Crippen LogP contribution in [-0.2, 0) is 4.79 Å². The van der Waals surface area contributed by atoms with E-state index in [9.17, 15) is 9.59 Å². The molecule has 2 atom stereocenters. The van der Waals surface area contributed by atoms with E-state index in [1.54, 1.807) is 35.4 Å². The third-order valence-electron chi connectivity index (χ3n) is 6.62. The SMILES string of the molecule is C=CC(=O)N1CCC[C@@H](n2nc(C(=O)Nc3ccc4c(c3)OCCO4)c3c2=C(CC)C=NC(N)C=3)C1. The van der Waals surface area contributed by atoms with Crippen molar-refractivity contribution in [2.45, 2.75) is 38.4 Å². The lowest BCUT2D eigenvalue weighted by Crippen LogP contribution is -2.44. The number of nitrogens with zero attached hydrogens (tertiary/aromatic N) is 4. The van der Waals surface area contributed by atoms with Crippen LogP contribution in [0.3, 0.4) is 0 Å². The molecule has 3 N–H and O–H groups in total. The van der Waals surface area contributed by atoms with Crippen molar-refractivity contribution in [3.63, 3.8) is 0 Å². The molecule has 1 fully saturated rings. The number of benzene rings is 1. The summed E-state index contributed by atoms with van der Waals surface area (Å²) in [6.07, 6.45) is 6.62. The molecule has 0 saturated carbocycles. The molecule has 3 aliphatic rings. The molecule has 2 aromatic rings. The van der Waals surface area contributed by atoms with Crippen LogP contribution in [0.1, 0.15) is 42.7 Å². The molecule has 5 rings (SSSR count). The van der Waals surface area contributed by atoms with Gasteiger partial charge in [0.2, 0.25) is 5.91 Å². The Hall–Kier alpha value is -3.92. The molecular formula is C26H30N6O4. The Kier molecular flexibility index (Phi) is 6.60. The highest BCUT2D eigenvalue weighted by molar-refractivity contribution is 6.05. The second kappa shape index (κ2) is 9.98. The Labute approximate surface area is 208 Å². The van der Waals surface area contributed by atoms with E-state index in [1.165, 1.54) is 6.08 Å². The van der Waals surface area contributed by atoms with E-state index in [1.807, 2.05) is 11.6 Å². The van der Waals surface area contributed by atoms with Gasteiger partial charge in [-0.3, -0.25) is 19.3 Å². The molecular weight excluding hydrogens is 460 g/mol. The number of anilines is 1. The zero-order chi connectivity index (χ0) is 25.2. The molecule has 0 radical (unpaired) electrons. The molecule has 0 spiro atoms. The van der Waals surface area contributed by atoms with Crippen LogP contribution < -0.4 is 31.1 Å². The Bertz CT molecular complexity index is 1360.